The molecule has 0 N–H and O–H groups in total. The molecule has 2 heteroatoms. The van der Waals surface area contributed by atoms with E-state index in [0.717, 1.165) is 22.3 Å². The Balaban J connectivity index is 1.71. The Morgan fingerprint density at radius 1 is 0.818 bits per heavy atom. The van der Waals surface area contributed by atoms with Gasteiger partial charge in [-0.15, -0.1) is 16.4 Å². The van der Waals surface area contributed by atoms with E-state index in [4.69, 9.17) is 0 Å². The molecular weight excluding hydrogens is 302 g/mol. The topological polar surface area (TPSA) is 0 Å². The maximum absolute atomic E-state index is 2.44. The van der Waals surface area contributed by atoms with Crippen LogP contribution in [-0.2, 0) is 5.41 Å². The molecule has 2 aromatic heterocycles. The van der Waals surface area contributed by atoms with E-state index in [-0.39, 0.29) is 5.41 Å². The molecule has 5 rings (SSSR count). The molecule has 4 aromatic rings. The molecule has 22 heavy (non-hydrogen) atoms. The Hall–Kier alpha value is -1.48. The lowest BCUT2D eigenvalue weighted by atomic mass is 9.85. The third kappa shape index (κ3) is 1.72. The minimum Gasteiger partial charge on any atom is -0.132 e. The quantitative estimate of drug-likeness (QED) is 0.402. The van der Waals surface area contributed by atoms with Crippen molar-refractivity contribution >= 4 is 37.4 Å². The molecule has 0 amide bonds. The Morgan fingerprint density at radius 3 is 1.77 bits per heavy atom. The van der Waals surface area contributed by atoms with Gasteiger partial charge in [0.05, 0.1) is 0 Å². The van der Waals surface area contributed by atoms with Crippen LogP contribution in [0, 0.1) is 5.92 Å². The lowest BCUT2D eigenvalue weighted by Crippen LogP contribution is -2.11. The second-order valence-corrected chi connectivity index (χ2v) is 8.96. The molecule has 3 unspecified atom stereocenters. The van der Waals surface area contributed by atoms with Crippen molar-refractivity contribution in [2.45, 2.75) is 18.8 Å². The standard InChI is InChI=1S/C20H18P2/c1-13-12-20(13,16-2-4-18-14(10-16)6-8-21-18)17-3-5-19-15(11-17)7-9-22-19/h2-11,13,21-22H,12H2,1H3. The highest BCUT2D eigenvalue weighted by Gasteiger charge is 2.53. The molecule has 1 fully saturated rings. The highest BCUT2D eigenvalue weighted by atomic mass is 31.0. The summed E-state index contributed by atoms with van der Waals surface area (Å²) < 4.78 is 0. The summed E-state index contributed by atoms with van der Waals surface area (Å²) in [6.07, 6.45) is 1.28. The molecular formula is C20H18P2. The summed E-state index contributed by atoms with van der Waals surface area (Å²) in [6, 6.07) is 18.9. The maximum atomic E-state index is 2.44. The largest absolute Gasteiger partial charge is 0.132 e. The molecule has 2 aromatic carbocycles. The fourth-order valence-corrected chi connectivity index (χ4v) is 5.95. The molecule has 0 saturated heterocycles. The van der Waals surface area contributed by atoms with Crippen molar-refractivity contribution in [3.8, 4) is 0 Å². The molecule has 2 heterocycles. The zero-order valence-corrected chi connectivity index (χ0v) is 14.6. The molecule has 0 spiro atoms. The van der Waals surface area contributed by atoms with Gasteiger partial charge in [-0.2, -0.15) is 0 Å². The first-order valence-electron chi connectivity index (χ1n) is 7.93. The average Bonchev–Trinajstić information content (AvgIpc) is 2.96. The summed E-state index contributed by atoms with van der Waals surface area (Å²) in [6.45, 7) is 2.40. The van der Waals surface area contributed by atoms with E-state index < -0.39 is 0 Å². The van der Waals surface area contributed by atoms with Crippen molar-refractivity contribution in [2.24, 2.45) is 5.92 Å². The van der Waals surface area contributed by atoms with Gasteiger partial charge in [-0.25, -0.2) is 0 Å². The van der Waals surface area contributed by atoms with Gasteiger partial charge < -0.3 is 0 Å². The number of benzene rings is 2. The van der Waals surface area contributed by atoms with Crippen molar-refractivity contribution < 1.29 is 0 Å². The van der Waals surface area contributed by atoms with E-state index in [1.54, 1.807) is 0 Å². The van der Waals surface area contributed by atoms with Crippen LogP contribution in [0.25, 0.3) is 21.0 Å². The van der Waals surface area contributed by atoms with E-state index in [0.29, 0.717) is 0 Å². The van der Waals surface area contributed by atoms with Crippen LogP contribution < -0.4 is 0 Å². The van der Waals surface area contributed by atoms with Gasteiger partial charge in [-0.1, -0.05) is 43.3 Å². The molecule has 0 nitrogen and oxygen atoms in total. The fourth-order valence-electron chi connectivity index (χ4n) is 4.06. The predicted molar refractivity (Wildman–Crippen MR) is 101 cm³/mol. The number of fused-ring (bicyclic) bond motifs is 2. The minimum atomic E-state index is 0.253. The van der Waals surface area contributed by atoms with Crippen molar-refractivity contribution in [2.75, 3.05) is 0 Å². The Morgan fingerprint density at radius 2 is 1.32 bits per heavy atom. The van der Waals surface area contributed by atoms with E-state index >= 15 is 0 Å². The van der Waals surface area contributed by atoms with Gasteiger partial charge in [0.2, 0.25) is 0 Å². The summed E-state index contributed by atoms with van der Waals surface area (Å²) in [5.74, 6) is 5.35. The van der Waals surface area contributed by atoms with E-state index in [1.807, 2.05) is 0 Å². The van der Waals surface area contributed by atoms with Gasteiger partial charge in [-0.05, 0) is 68.2 Å². The third-order valence-corrected chi connectivity index (χ3v) is 7.65. The highest BCUT2D eigenvalue weighted by molar-refractivity contribution is 7.36. The van der Waals surface area contributed by atoms with Gasteiger partial charge in [0.25, 0.3) is 0 Å². The summed E-state index contributed by atoms with van der Waals surface area (Å²) in [4.78, 5) is 0. The van der Waals surface area contributed by atoms with Crippen LogP contribution in [-0.4, -0.2) is 0 Å². The number of rotatable bonds is 2. The molecule has 0 radical (unpaired) electrons. The van der Waals surface area contributed by atoms with Gasteiger partial charge in [0, 0.05) is 5.41 Å². The monoisotopic (exact) mass is 320 g/mol. The van der Waals surface area contributed by atoms with Gasteiger partial charge in [-0.3, -0.25) is 0 Å². The maximum Gasteiger partial charge on any atom is 0.0232 e. The van der Waals surface area contributed by atoms with Gasteiger partial charge in [0.15, 0.2) is 0 Å². The van der Waals surface area contributed by atoms with Crippen LogP contribution in [0.2, 0.25) is 0 Å². The summed E-state index contributed by atoms with van der Waals surface area (Å²) in [7, 11) is 1.71. The van der Waals surface area contributed by atoms with Crippen LogP contribution >= 0.6 is 16.4 Å². The first-order valence-corrected chi connectivity index (χ1v) is 10.1. The van der Waals surface area contributed by atoms with Gasteiger partial charge >= 0.3 is 0 Å². The van der Waals surface area contributed by atoms with Crippen molar-refractivity contribution in [1.29, 1.82) is 0 Å². The molecule has 0 aliphatic heterocycles. The molecule has 3 atom stereocenters. The van der Waals surface area contributed by atoms with E-state index in [9.17, 15) is 0 Å². The van der Waals surface area contributed by atoms with E-state index in [2.05, 4.69) is 67.1 Å². The third-order valence-electron chi connectivity index (χ3n) is 5.45. The minimum absolute atomic E-state index is 0.253. The van der Waals surface area contributed by atoms with Crippen molar-refractivity contribution in [1.82, 2.24) is 0 Å². The molecule has 1 saturated carbocycles. The molecule has 1 aliphatic carbocycles. The van der Waals surface area contributed by atoms with Crippen molar-refractivity contribution in [3.05, 3.63) is 71.3 Å². The summed E-state index contributed by atoms with van der Waals surface area (Å²) >= 11 is 0. The number of hydrogen-bond acceptors (Lipinski definition) is 0. The zero-order chi connectivity index (χ0) is 14.7. The predicted octanol–water partition coefficient (Wildman–Crippen LogP) is 6.38. The second-order valence-electron chi connectivity index (χ2n) is 6.64. The van der Waals surface area contributed by atoms with Crippen LogP contribution in [0.3, 0.4) is 0 Å². The van der Waals surface area contributed by atoms with Gasteiger partial charge in [0.1, 0.15) is 0 Å². The first kappa shape index (κ1) is 13.0. The zero-order valence-electron chi connectivity index (χ0n) is 12.6. The molecule has 0 bridgehead atoms. The lowest BCUT2D eigenvalue weighted by Gasteiger charge is -2.19. The highest BCUT2D eigenvalue weighted by Crippen LogP contribution is 2.59. The first-order chi connectivity index (χ1) is 10.8. The fraction of sp³-hybridized carbons (Fsp3) is 0.200. The Bertz CT molecular complexity index is 915. The lowest BCUT2D eigenvalue weighted by molar-refractivity contribution is 0.752. The smallest absolute Gasteiger partial charge is 0.0232 e. The Labute approximate surface area is 133 Å². The van der Waals surface area contributed by atoms with Crippen LogP contribution in [0.15, 0.2) is 60.1 Å². The summed E-state index contributed by atoms with van der Waals surface area (Å²) in [5.41, 5.74) is 3.28. The molecule has 108 valence electrons. The molecule has 1 aliphatic rings. The van der Waals surface area contributed by atoms with E-state index in [1.165, 1.54) is 38.6 Å². The second kappa shape index (κ2) is 4.51. The SMILES string of the molecule is CC1CC1(c1ccc2[pH]ccc2c1)c1ccc2[pH]ccc2c1. The van der Waals surface area contributed by atoms with Crippen molar-refractivity contribution in [3.63, 3.8) is 0 Å². The van der Waals surface area contributed by atoms with Crippen LogP contribution in [0.4, 0.5) is 0 Å². The number of hydrogen-bond donors (Lipinski definition) is 0. The normalized spacial score (nSPS) is 24.9. The Kier molecular flexibility index (Phi) is 2.67. The average molecular weight is 320 g/mol. The summed E-state index contributed by atoms with van der Waals surface area (Å²) in [5, 5.41) is 5.89. The van der Waals surface area contributed by atoms with Crippen LogP contribution in [0.5, 0.6) is 0 Å². The van der Waals surface area contributed by atoms with Crippen LogP contribution in [0.1, 0.15) is 24.5 Å².